The van der Waals surface area contributed by atoms with Gasteiger partial charge in [-0.25, -0.2) is 0 Å². The second kappa shape index (κ2) is 4.63. The molecule has 0 radical (unpaired) electrons. The van der Waals surface area contributed by atoms with E-state index in [-0.39, 0.29) is 10.4 Å². The minimum absolute atomic E-state index is 0.111. The lowest BCUT2D eigenvalue weighted by Crippen LogP contribution is -2.29. The average molecular weight is 310 g/mol. The lowest BCUT2D eigenvalue weighted by molar-refractivity contribution is 0.787. The summed E-state index contributed by atoms with van der Waals surface area (Å²) in [6.07, 6.45) is 3.07. The number of hydrogen-bond donors (Lipinski definition) is 0. The molecule has 0 aliphatic carbocycles. The SMILES string of the molecule is Clc1nnc(Cl)c(N2CCC=C(Br)C2)n1. The Labute approximate surface area is 105 Å². The van der Waals surface area contributed by atoms with Crippen LogP contribution in [0.3, 0.4) is 0 Å². The molecule has 4 nitrogen and oxygen atoms in total. The quantitative estimate of drug-likeness (QED) is 0.800. The number of halogens is 3. The standard InChI is InChI=1S/C8H7BrCl2N4/c9-5-2-1-3-15(4-5)7-6(10)13-14-8(11)12-7/h2H,1,3-4H2. The number of nitrogens with zero attached hydrogens (tertiary/aromatic N) is 4. The van der Waals surface area contributed by atoms with Gasteiger partial charge in [-0.15, -0.1) is 10.2 Å². The number of rotatable bonds is 1. The zero-order valence-electron chi connectivity index (χ0n) is 7.62. The predicted molar refractivity (Wildman–Crippen MR) is 63.7 cm³/mol. The maximum absolute atomic E-state index is 5.91. The van der Waals surface area contributed by atoms with E-state index in [2.05, 4.69) is 37.2 Å². The number of hydrogen-bond acceptors (Lipinski definition) is 4. The van der Waals surface area contributed by atoms with Crippen molar-refractivity contribution < 1.29 is 0 Å². The van der Waals surface area contributed by atoms with E-state index < -0.39 is 0 Å². The van der Waals surface area contributed by atoms with E-state index in [9.17, 15) is 0 Å². The van der Waals surface area contributed by atoms with Crippen LogP contribution >= 0.6 is 39.1 Å². The molecule has 0 atom stereocenters. The Morgan fingerprint density at radius 2 is 2.13 bits per heavy atom. The first-order chi connectivity index (χ1) is 7.16. The molecule has 0 aromatic carbocycles. The molecule has 1 aliphatic heterocycles. The van der Waals surface area contributed by atoms with E-state index in [1.807, 2.05) is 4.90 Å². The topological polar surface area (TPSA) is 41.9 Å². The molecular formula is C8H7BrCl2N4. The van der Waals surface area contributed by atoms with Gasteiger partial charge in [0.2, 0.25) is 5.28 Å². The first kappa shape index (κ1) is 11.1. The molecule has 1 aliphatic rings. The average Bonchev–Trinajstić information content (AvgIpc) is 2.22. The van der Waals surface area contributed by atoms with Gasteiger partial charge in [0.25, 0.3) is 0 Å². The van der Waals surface area contributed by atoms with Gasteiger partial charge >= 0.3 is 0 Å². The maximum Gasteiger partial charge on any atom is 0.245 e. The molecule has 0 spiro atoms. The molecule has 1 aromatic rings. The Hall–Kier alpha value is -0.390. The summed E-state index contributed by atoms with van der Waals surface area (Å²) >= 11 is 15.0. The lowest BCUT2D eigenvalue weighted by Gasteiger charge is -2.26. The van der Waals surface area contributed by atoms with Gasteiger partial charge in [-0.05, 0) is 18.0 Å². The van der Waals surface area contributed by atoms with E-state index in [0.29, 0.717) is 5.82 Å². The molecule has 2 heterocycles. The molecule has 2 rings (SSSR count). The Morgan fingerprint density at radius 3 is 2.87 bits per heavy atom. The molecule has 7 heteroatoms. The summed E-state index contributed by atoms with van der Waals surface area (Å²) in [6, 6.07) is 0. The number of aromatic nitrogens is 3. The molecule has 0 unspecified atom stereocenters. The number of anilines is 1. The van der Waals surface area contributed by atoms with Crippen LogP contribution in [0.5, 0.6) is 0 Å². The summed E-state index contributed by atoms with van der Waals surface area (Å²) in [5.74, 6) is 0.585. The van der Waals surface area contributed by atoms with Crippen LogP contribution in [0.15, 0.2) is 10.6 Å². The third kappa shape index (κ3) is 2.59. The predicted octanol–water partition coefficient (Wildman–Crippen LogP) is 2.67. The summed E-state index contributed by atoms with van der Waals surface area (Å²) in [5, 5.41) is 7.69. The second-order valence-corrected chi connectivity index (χ2v) is 4.77. The smallest absolute Gasteiger partial charge is 0.245 e. The van der Waals surface area contributed by atoms with Gasteiger partial charge in [0.05, 0.1) is 6.54 Å². The van der Waals surface area contributed by atoms with Crippen molar-refractivity contribution in [2.24, 2.45) is 0 Å². The van der Waals surface area contributed by atoms with Gasteiger partial charge < -0.3 is 4.90 Å². The van der Waals surface area contributed by atoms with E-state index in [0.717, 1.165) is 24.0 Å². The fourth-order valence-electron chi connectivity index (χ4n) is 1.37. The molecule has 0 N–H and O–H groups in total. The monoisotopic (exact) mass is 308 g/mol. The Balaban J connectivity index is 2.29. The van der Waals surface area contributed by atoms with Crippen molar-refractivity contribution in [3.8, 4) is 0 Å². The van der Waals surface area contributed by atoms with Crippen LogP contribution < -0.4 is 4.90 Å². The van der Waals surface area contributed by atoms with Crippen LogP contribution in [0.25, 0.3) is 0 Å². The highest BCUT2D eigenvalue weighted by Gasteiger charge is 2.17. The Kier molecular flexibility index (Phi) is 3.43. The molecule has 0 saturated heterocycles. The van der Waals surface area contributed by atoms with Crippen LogP contribution in [-0.2, 0) is 0 Å². The van der Waals surface area contributed by atoms with Crippen LogP contribution in [0.2, 0.25) is 10.4 Å². The third-order valence-corrected chi connectivity index (χ3v) is 2.99. The fraction of sp³-hybridized carbons (Fsp3) is 0.375. The van der Waals surface area contributed by atoms with Crippen LogP contribution in [-0.4, -0.2) is 28.3 Å². The van der Waals surface area contributed by atoms with E-state index in [1.165, 1.54) is 0 Å². The van der Waals surface area contributed by atoms with Crippen molar-refractivity contribution in [1.82, 2.24) is 15.2 Å². The van der Waals surface area contributed by atoms with Crippen molar-refractivity contribution in [2.75, 3.05) is 18.0 Å². The highest BCUT2D eigenvalue weighted by atomic mass is 79.9. The third-order valence-electron chi connectivity index (χ3n) is 2.01. The molecule has 80 valence electrons. The lowest BCUT2D eigenvalue weighted by atomic mass is 10.2. The van der Waals surface area contributed by atoms with Gasteiger partial charge in [0.1, 0.15) is 0 Å². The first-order valence-electron chi connectivity index (χ1n) is 4.32. The van der Waals surface area contributed by atoms with Gasteiger partial charge in [0.15, 0.2) is 11.0 Å². The van der Waals surface area contributed by atoms with Crippen molar-refractivity contribution in [3.05, 3.63) is 21.0 Å². The van der Waals surface area contributed by atoms with E-state index >= 15 is 0 Å². The highest BCUT2D eigenvalue weighted by Crippen LogP contribution is 2.26. The maximum atomic E-state index is 5.91. The summed E-state index contributed by atoms with van der Waals surface area (Å²) in [7, 11) is 0. The van der Waals surface area contributed by atoms with Crippen molar-refractivity contribution in [1.29, 1.82) is 0 Å². The van der Waals surface area contributed by atoms with Gasteiger partial charge in [-0.2, -0.15) is 4.98 Å². The first-order valence-corrected chi connectivity index (χ1v) is 5.87. The molecule has 15 heavy (non-hydrogen) atoms. The Bertz CT molecular complexity index is 410. The molecule has 1 aromatic heterocycles. The van der Waals surface area contributed by atoms with Crippen LogP contribution in [0, 0.1) is 0 Å². The molecule has 0 amide bonds. The second-order valence-electron chi connectivity index (χ2n) is 3.06. The van der Waals surface area contributed by atoms with Gasteiger partial charge in [0, 0.05) is 11.0 Å². The summed E-state index contributed by atoms with van der Waals surface area (Å²) in [5.41, 5.74) is 0. The summed E-state index contributed by atoms with van der Waals surface area (Å²) < 4.78 is 1.11. The minimum Gasteiger partial charge on any atom is -0.349 e. The van der Waals surface area contributed by atoms with Crippen LogP contribution in [0.4, 0.5) is 5.82 Å². The summed E-state index contributed by atoms with van der Waals surface area (Å²) in [4.78, 5) is 6.08. The van der Waals surface area contributed by atoms with E-state index in [4.69, 9.17) is 23.2 Å². The van der Waals surface area contributed by atoms with Crippen LogP contribution in [0.1, 0.15) is 6.42 Å². The highest BCUT2D eigenvalue weighted by molar-refractivity contribution is 9.11. The molecule has 0 fully saturated rings. The normalized spacial score (nSPS) is 16.5. The zero-order chi connectivity index (χ0) is 10.8. The van der Waals surface area contributed by atoms with Gasteiger partial charge in [-0.1, -0.05) is 33.6 Å². The molecule has 0 saturated carbocycles. The fourth-order valence-corrected chi connectivity index (χ4v) is 2.22. The van der Waals surface area contributed by atoms with Crippen molar-refractivity contribution >= 4 is 44.9 Å². The van der Waals surface area contributed by atoms with E-state index in [1.54, 1.807) is 0 Å². The Morgan fingerprint density at radius 1 is 1.33 bits per heavy atom. The molecular weight excluding hydrogens is 303 g/mol. The molecule has 0 bridgehead atoms. The zero-order valence-corrected chi connectivity index (χ0v) is 10.7. The summed E-state index contributed by atoms with van der Waals surface area (Å²) in [6.45, 7) is 1.58. The minimum atomic E-state index is 0.111. The van der Waals surface area contributed by atoms with Gasteiger partial charge in [-0.3, -0.25) is 0 Å². The largest absolute Gasteiger partial charge is 0.349 e. The van der Waals surface area contributed by atoms with Crippen molar-refractivity contribution in [3.63, 3.8) is 0 Å². The van der Waals surface area contributed by atoms with Crippen molar-refractivity contribution in [2.45, 2.75) is 6.42 Å².